The number of carbonyl (C=O) groups is 1. The molecule has 3 aromatic carbocycles. The normalized spacial score (nSPS) is 10.5. The van der Waals surface area contributed by atoms with E-state index < -0.39 is 5.82 Å². The number of methoxy groups -OCH3 is 2. The number of rotatable bonds is 9. The quantitative estimate of drug-likeness (QED) is 0.298. The Kier molecular flexibility index (Phi) is 7.65. The number of hydrogen-bond donors (Lipinski definition) is 0. The molecule has 0 atom stereocenters. The molecule has 0 unspecified atom stereocenters. The van der Waals surface area contributed by atoms with Crippen molar-refractivity contribution in [1.82, 2.24) is 0 Å². The Hall–Kier alpha value is -2.90. The van der Waals surface area contributed by atoms with E-state index >= 15 is 0 Å². The number of halogens is 2. The second-order valence-corrected chi connectivity index (χ2v) is 8.02. The number of hydrogen-bond acceptors (Lipinski definition) is 5. The van der Waals surface area contributed by atoms with Crippen LogP contribution in [0.3, 0.4) is 0 Å². The largest absolute Gasteiger partial charge is 0.493 e. The molecule has 5 nitrogen and oxygen atoms in total. The maximum absolute atomic E-state index is 14.4. The van der Waals surface area contributed by atoms with Crippen LogP contribution in [-0.4, -0.2) is 27.7 Å². The SMILES string of the molecule is COc1ccc(N(C=O)Sc2ccccc2N(C)Cc2cccc(Cl)c2F)cc1OC. The second-order valence-electron chi connectivity index (χ2n) is 6.60. The lowest BCUT2D eigenvalue weighted by Gasteiger charge is -2.25. The molecule has 31 heavy (non-hydrogen) atoms. The van der Waals surface area contributed by atoms with Crippen molar-refractivity contribution < 1.29 is 18.7 Å². The Labute approximate surface area is 190 Å². The third-order valence-electron chi connectivity index (χ3n) is 4.63. The molecule has 0 aliphatic heterocycles. The van der Waals surface area contributed by atoms with Gasteiger partial charge in [-0.25, -0.2) is 4.39 Å². The summed E-state index contributed by atoms with van der Waals surface area (Å²) in [4.78, 5) is 14.6. The average molecular weight is 461 g/mol. The summed E-state index contributed by atoms with van der Waals surface area (Å²) in [6, 6.07) is 17.8. The maximum Gasteiger partial charge on any atom is 0.224 e. The van der Waals surface area contributed by atoms with Gasteiger partial charge in [0, 0.05) is 25.2 Å². The summed E-state index contributed by atoms with van der Waals surface area (Å²) < 4.78 is 26.5. The van der Waals surface area contributed by atoms with Crippen LogP contribution in [0.4, 0.5) is 15.8 Å². The van der Waals surface area contributed by atoms with E-state index in [4.69, 9.17) is 21.1 Å². The fourth-order valence-electron chi connectivity index (χ4n) is 3.06. The van der Waals surface area contributed by atoms with E-state index in [0.717, 1.165) is 17.0 Å². The minimum Gasteiger partial charge on any atom is -0.493 e. The van der Waals surface area contributed by atoms with Crippen molar-refractivity contribution in [3.63, 3.8) is 0 Å². The highest BCUT2D eigenvalue weighted by Gasteiger charge is 2.17. The molecular weight excluding hydrogens is 439 g/mol. The minimum atomic E-state index is -0.430. The first-order valence-corrected chi connectivity index (χ1v) is 10.5. The average Bonchev–Trinajstić information content (AvgIpc) is 2.80. The Balaban J connectivity index is 1.87. The Morgan fingerprint density at radius 3 is 2.48 bits per heavy atom. The zero-order valence-corrected chi connectivity index (χ0v) is 18.9. The molecule has 1 amide bonds. The molecule has 0 saturated heterocycles. The molecule has 0 bridgehead atoms. The van der Waals surface area contributed by atoms with E-state index in [1.54, 1.807) is 44.6 Å². The lowest BCUT2D eigenvalue weighted by Crippen LogP contribution is -2.19. The summed E-state index contributed by atoms with van der Waals surface area (Å²) >= 11 is 7.17. The van der Waals surface area contributed by atoms with Gasteiger partial charge in [-0.15, -0.1) is 0 Å². The van der Waals surface area contributed by atoms with Crippen LogP contribution in [0.25, 0.3) is 0 Å². The van der Waals surface area contributed by atoms with Crippen LogP contribution >= 0.6 is 23.5 Å². The molecule has 3 rings (SSSR count). The minimum absolute atomic E-state index is 0.0918. The summed E-state index contributed by atoms with van der Waals surface area (Å²) in [6.45, 7) is 0.321. The van der Waals surface area contributed by atoms with Crippen LogP contribution in [0, 0.1) is 5.82 Å². The molecule has 0 saturated carbocycles. The first kappa shape index (κ1) is 22.8. The van der Waals surface area contributed by atoms with Gasteiger partial charge in [-0.1, -0.05) is 35.9 Å². The van der Waals surface area contributed by atoms with E-state index in [-0.39, 0.29) is 5.02 Å². The number of nitrogens with zero attached hydrogens (tertiary/aromatic N) is 2. The van der Waals surface area contributed by atoms with Crippen molar-refractivity contribution in [3.8, 4) is 11.5 Å². The van der Waals surface area contributed by atoms with E-state index in [9.17, 15) is 9.18 Å². The third kappa shape index (κ3) is 5.24. The van der Waals surface area contributed by atoms with E-state index in [1.165, 1.54) is 22.3 Å². The molecule has 0 aliphatic rings. The predicted octanol–water partition coefficient (Wildman–Crippen LogP) is 5.80. The summed E-state index contributed by atoms with van der Waals surface area (Å²) in [5, 5.41) is 0.0918. The van der Waals surface area contributed by atoms with Crippen LogP contribution in [0.15, 0.2) is 65.6 Å². The molecule has 0 N–H and O–H groups in total. The molecule has 0 spiro atoms. The molecule has 0 aliphatic carbocycles. The lowest BCUT2D eigenvalue weighted by atomic mass is 10.2. The zero-order chi connectivity index (χ0) is 22.4. The highest BCUT2D eigenvalue weighted by Crippen LogP contribution is 2.38. The maximum atomic E-state index is 14.4. The molecule has 162 valence electrons. The van der Waals surface area contributed by atoms with Gasteiger partial charge in [0.15, 0.2) is 11.5 Å². The van der Waals surface area contributed by atoms with E-state index in [0.29, 0.717) is 29.3 Å². The fourth-order valence-corrected chi connectivity index (χ4v) is 4.19. The van der Waals surface area contributed by atoms with Gasteiger partial charge in [-0.05, 0) is 42.3 Å². The van der Waals surface area contributed by atoms with Gasteiger partial charge < -0.3 is 14.4 Å². The van der Waals surface area contributed by atoms with E-state index in [1.807, 2.05) is 36.2 Å². The Morgan fingerprint density at radius 1 is 1.03 bits per heavy atom. The van der Waals surface area contributed by atoms with Crippen LogP contribution in [0.1, 0.15) is 5.56 Å². The smallest absolute Gasteiger partial charge is 0.224 e. The van der Waals surface area contributed by atoms with Gasteiger partial charge >= 0.3 is 0 Å². The number of carbonyl (C=O) groups excluding carboxylic acids is 1. The lowest BCUT2D eigenvalue weighted by molar-refractivity contribution is -0.106. The van der Waals surface area contributed by atoms with Crippen LogP contribution in [0.2, 0.25) is 5.02 Å². The van der Waals surface area contributed by atoms with Crippen molar-refractivity contribution in [1.29, 1.82) is 0 Å². The zero-order valence-electron chi connectivity index (χ0n) is 17.3. The van der Waals surface area contributed by atoms with Gasteiger partial charge in [0.05, 0.1) is 35.5 Å². The monoisotopic (exact) mass is 460 g/mol. The van der Waals surface area contributed by atoms with Crippen LogP contribution in [0.5, 0.6) is 11.5 Å². The molecular formula is C23H22ClFN2O3S. The van der Waals surface area contributed by atoms with Gasteiger partial charge in [-0.3, -0.25) is 9.10 Å². The molecule has 0 aromatic heterocycles. The van der Waals surface area contributed by atoms with Crippen LogP contribution in [-0.2, 0) is 11.3 Å². The van der Waals surface area contributed by atoms with Gasteiger partial charge in [-0.2, -0.15) is 0 Å². The Morgan fingerprint density at radius 2 is 1.77 bits per heavy atom. The van der Waals surface area contributed by atoms with Crippen LogP contribution < -0.4 is 18.7 Å². The topological polar surface area (TPSA) is 42.0 Å². The predicted molar refractivity (Wildman–Crippen MR) is 124 cm³/mol. The van der Waals surface area contributed by atoms with Crippen molar-refractivity contribution >= 4 is 41.3 Å². The second kappa shape index (κ2) is 10.4. The number of para-hydroxylation sites is 1. The highest BCUT2D eigenvalue weighted by atomic mass is 35.5. The van der Waals surface area contributed by atoms with Gasteiger partial charge in [0.2, 0.25) is 6.41 Å². The molecule has 0 radical (unpaired) electrons. The first-order chi connectivity index (χ1) is 15.0. The summed E-state index contributed by atoms with van der Waals surface area (Å²) in [7, 11) is 4.96. The van der Waals surface area contributed by atoms with E-state index in [2.05, 4.69) is 0 Å². The molecule has 8 heteroatoms. The molecule has 3 aromatic rings. The first-order valence-electron chi connectivity index (χ1n) is 9.36. The number of amides is 1. The van der Waals surface area contributed by atoms with Gasteiger partial charge in [0.25, 0.3) is 0 Å². The van der Waals surface area contributed by atoms with Crippen molar-refractivity contribution in [2.24, 2.45) is 0 Å². The third-order valence-corrected chi connectivity index (χ3v) is 5.96. The number of ether oxygens (including phenoxy) is 2. The molecule has 0 fully saturated rings. The number of benzene rings is 3. The number of anilines is 2. The summed E-state index contributed by atoms with van der Waals surface area (Å²) in [6.07, 6.45) is 0.735. The standard InChI is InChI=1S/C23H22ClFN2O3S/c1-26(14-16-7-6-8-18(24)23(16)25)19-9-4-5-10-22(19)31-27(15-28)17-11-12-20(29-2)21(13-17)30-3/h4-13,15H,14H2,1-3H3. The fraction of sp³-hybridized carbons (Fsp3) is 0.174. The molecule has 0 heterocycles. The summed E-state index contributed by atoms with van der Waals surface area (Å²) in [5.74, 6) is 0.668. The van der Waals surface area contributed by atoms with Crippen molar-refractivity contribution in [2.45, 2.75) is 11.4 Å². The van der Waals surface area contributed by atoms with Crippen molar-refractivity contribution in [2.75, 3.05) is 30.5 Å². The summed E-state index contributed by atoms with van der Waals surface area (Å²) in [5.41, 5.74) is 1.97. The van der Waals surface area contributed by atoms with Gasteiger partial charge in [0.1, 0.15) is 5.82 Å². The van der Waals surface area contributed by atoms with Crippen molar-refractivity contribution in [3.05, 3.63) is 77.1 Å². The highest BCUT2D eigenvalue weighted by molar-refractivity contribution is 8.01. The Bertz CT molecular complexity index is 1070.